The lowest BCUT2D eigenvalue weighted by molar-refractivity contribution is 0.579. The molecular weight excluding hydrogens is 399 g/mol. The number of nitrogens with zero attached hydrogens (tertiary/aromatic N) is 1. The van der Waals surface area contributed by atoms with E-state index < -0.39 is 10.0 Å². The van der Waals surface area contributed by atoms with Gasteiger partial charge in [0.15, 0.2) is 0 Å². The van der Waals surface area contributed by atoms with E-state index in [2.05, 4.69) is 5.32 Å². The van der Waals surface area contributed by atoms with E-state index in [1.807, 2.05) is 7.05 Å². The van der Waals surface area contributed by atoms with Crippen LogP contribution in [0, 0.1) is 12.7 Å². The molecule has 7 heteroatoms. The van der Waals surface area contributed by atoms with Crippen molar-refractivity contribution in [2.24, 2.45) is 0 Å². The van der Waals surface area contributed by atoms with E-state index in [1.54, 1.807) is 37.4 Å². The molecule has 0 saturated carbocycles. The Morgan fingerprint density at radius 2 is 1.96 bits per heavy atom. The maximum Gasteiger partial charge on any atom is 0.269 e. The van der Waals surface area contributed by atoms with Crippen molar-refractivity contribution in [1.29, 1.82) is 0 Å². The number of fused-ring (bicyclic) bond motifs is 1. The largest absolute Gasteiger partial charge is 0.313 e. The Bertz CT molecular complexity index is 1170. The summed E-state index contributed by atoms with van der Waals surface area (Å²) >= 11 is 6.21. The molecule has 0 spiro atoms. The maximum atomic E-state index is 13.7. The fraction of sp³-hybridized carbons (Fsp3) is 0.238. The van der Waals surface area contributed by atoms with Gasteiger partial charge < -0.3 is 5.32 Å². The monoisotopic (exact) mass is 418 g/mol. The molecule has 1 N–H and O–H groups in total. The van der Waals surface area contributed by atoms with Crippen LogP contribution in [0.2, 0.25) is 5.02 Å². The first-order valence-corrected chi connectivity index (χ1v) is 10.8. The Hall–Kier alpha value is -2.15. The normalized spacial score (nSPS) is 16.4. The van der Waals surface area contributed by atoms with E-state index in [0.29, 0.717) is 16.8 Å². The van der Waals surface area contributed by atoms with Crippen molar-refractivity contribution >= 4 is 21.6 Å². The summed E-state index contributed by atoms with van der Waals surface area (Å²) in [7, 11) is -2.06. The molecule has 0 amide bonds. The molecule has 0 bridgehead atoms. The van der Waals surface area contributed by atoms with Crippen LogP contribution >= 0.6 is 11.6 Å². The third kappa shape index (κ3) is 2.96. The summed E-state index contributed by atoms with van der Waals surface area (Å²) in [5.74, 6) is -0.349. The molecule has 1 aliphatic carbocycles. The minimum atomic E-state index is -3.92. The molecule has 1 heterocycles. The molecule has 1 atom stereocenters. The van der Waals surface area contributed by atoms with Crippen LogP contribution in [-0.2, 0) is 16.4 Å². The zero-order valence-corrected chi connectivity index (χ0v) is 17.1. The Morgan fingerprint density at radius 1 is 1.21 bits per heavy atom. The van der Waals surface area contributed by atoms with Crippen molar-refractivity contribution < 1.29 is 12.8 Å². The number of hydrogen-bond acceptors (Lipinski definition) is 3. The van der Waals surface area contributed by atoms with E-state index in [-0.39, 0.29) is 21.8 Å². The molecule has 4 rings (SSSR count). The third-order valence-electron chi connectivity index (χ3n) is 5.34. The lowest BCUT2D eigenvalue weighted by Crippen LogP contribution is -2.16. The van der Waals surface area contributed by atoms with E-state index in [9.17, 15) is 12.8 Å². The highest BCUT2D eigenvalue weighted by Crippen LogP contribution is 2.42. The fourth-order valence-corrected chi connectivity index (χ4v) is 5.88. The molecule has 3 aromatic rings. The molecule has 28 heavy (non-hydrogen) atoms. The topological polar surface area (TPSA) is 51.1 Å². The van der Waals surface area contributed by atoms with Crippen molar-refractivity contribution in [2.75, 3.05) is 7.05 Å². The van der Waals surface area contributed by atoms with Crippen molar-refractivity contribution in [1.82, 2.24) is 9.29 Å². The minimum Gasteiger partial charge on any atom is -0.313 e. The van der Waals surface area contributed by atoms with Gasteiger partial charge in [0.25, 0.3) is 10.0 Å². The van der Waals surface area contributed by atoms with Crippen molar-refractivity contribution in [2.45, 2.75) is 30.7 Å². The molecule has 146 valence electrons. The Balaban J connectivity index is 2.02. The summed E-state index contributed by atoms with van der Waals surface area (Å²) in [5, 5.41) is 3.41. The highest BCUT2D eigenvalue weighted by Gasteiger charge is 2.33. The molecule has 2 aromatic carbocycles. The summed E-state index contributed by atoms with van der Waals surface area (Å²) in [4.78, 5) is 0.0485. The van der Waals surface area contributed by atoms with Gasteiger partial charge in [0, 0.05) is 17.8 Å². The molecule has 0 aliphatic heterocycles. The summed E-state index contributed by atoms with van der Waals surface area (Å²) in [5.41, 5.74) is 3.91. The average Bonchev–Trinajstić information content (AvgIpc) is 3.21. The van der Waals surface area contributed by atoms with E-state index in [4.69, 9.17) is 11.6 Å². The van der Waals surface area contributed by atoms with Crippen molar-refractivity contribution in [3.05, 3.63) is 76.2 Å². The van der Waals surface area contributed by atoms with Gasteiger partial charge in [0.2, 0.25) is 0 Å². The Kier molecular flexibility index (Phi) is 4.81. The second-order valence-corrected chi connectivity index (χ2v) is 9.17. The highest BCUT2D eigenvalue weighted by atomic mass is 35.5. The molecular formula is C21H20ClFN2O2S. The number of rotatable bonds is 4. The van der Waals surface area contributed by atoms with E-state index >= 15 is 0 Å². The first kappa shape index (κ1) is 19.2. The molecule has 4 nitrogen and oxygen atoms in total. The van der Waals surface area contributed by atoms with Crippen LogP contribution in [0.5, 0.6) is 0 Å². The standard InChI is InChI=1S/C21H20ClFN2O2S/c1-13-11-14(23)7-8-15(13)21-16-9-10-19(24-2)17(16)12-25(21)28(26,27)20-6-4-3-5-18(20)22/h3-8,11-12,19,24H,9-10H2,1-2H3. The van der Waals surface area contributed by atoms with Crippen LogP contribution in [0.3, 0.4) is 0 Å². The summed E-state index contributed by atoms with van der Waals surface area (Å²) in [6.07, 6.45) is 3.32. The fourth-order valence-electron chi connectivity index (χ4n) is 3.97. The number of benzene rings is 2. The predicted molar refractivity (Wildman–Crippen MR) is 109 cm³/mol. The van der Waals surface area contributed by atoms with Crippen LogP contribution < -0.4 is 5.32 Å². The van der Waals surface area contributed by atoms with Crippen molar-refractivity contribution in [3.8, 4) is 11.3 Å². The van der Waals surface area contributed by atoms with Crippen LogP contribution in [0.25, 0.3) is 11.3 Å². The number of aromatic nitrogens is 1. The van der Waals surface area contributed by atoms with Gasteiger partial charge in [-0.2, -0.15) is 0 Å². The van der Waals surface area contributed by atoms with Gasteiger partial charge in [-0.3, -0.25) is 0 Å². The van der Waals surface area contributed by atoms with Gasteiger partial charge in [0.05, 0.1) is 10.7 Å². The van der Waals surface area contributed by atoms with Crippen molar-refractivity contribution in [3.63, 3.8) is 0 Å². The second kappa shape index (κ2) is 7.03. The van der Waals surface area contributed by atoms with Crippen LogP contribution in [0.4, 0.5) is 4.39 Å². The SMILES string of the molecule is CNC1CCc2c1cn(S(=O)(=O)c1ccccc1Cl)c2-c1ccc(F)cc1C. The number of hydrogen-bond donors (Lipinski definition) is 1. The number of halogens is 2. The van der Waals surface area contributed by atoms with Crippen LogP contribution in [0.15, 0.2) is 53.6 Å². The van der Waals surface area contributed by atoms with Gasteiger partial charge in [-0.1, -0.05) is 23.7 Å². The van der Waals surface area contributed by atoms with Crippen LogP contribution in [-0.4, -0.2) is 19.4 Å². The van der Waals surface area contributed by atoms with Gasteiger partial charge >= 0.3 is 0 Å². The first-order valence-electron chi connectivity index (χ1n) is 9.02. The van der Waals surface area contributed by atoms with Gasteiger partial charge in [0.1, 0.15) is 10.7 Å². The lowest BCUT2D eigenvalue weighted by Gasteiger charge is -2.15. The molecule has 0 saturated heterocycles. The van der Waals surface area contributed by atoms with Gasteiger partial charge in [-0.25, -0.2) is 16.8 Å². The highest BCUT2D eigenvalue weighted by molar-refractivity contribution is 7.90. The molecule has 1 unspecified atom stereocenters. The molecule has 1 aliphatic rings. The van der Waals surface area contributed by atoms with E-state index in [1.165, 1.54) is 22.2 Å². The third-order valence-corrected chi connectivity index (χ3v) is 7.49. The zero-order valence-electron chi connectivity index (χ0n) is 15.5. The smallest absolute Gasteiger partial charge is 0.269 e. The van der Waals surface area contributed by atoms with Crippen LogP contribution in [0.1, 0.15) is 29.2 Å². The first-order chi connectivity index (χ1) is 13.3. The predicted octanol–water partition coefficient (Wildman–Crippen LogP) is 4.70. The molecule has 0 radical (unpaired) electrons. The van der Waals surface area contributed by atoms with E-state index in [0.717, 1.165) is 24.0 Å². The average molecular weight is 419 g/mol. The van der Waals surface area contributed by atoms with Gasteiger partial charge in [-0.05, 0) is 73.8 Å². The molecule has 1 aromatic heterocycles. The summed E-state index contributed by atoms with van der Waals surface area (Å²) < 4.78 is 42.0. The Morgan fingerprint density at radius 3 is 2.64 bits per heavy atom. The summed E-state index contributed by atoms with van der Waals surface area (Å²) in [6.45, 7) is 1.79. The lowest BCUT2D eigenvalue weighted by atomic mass is 10.0. The second-order valence-electron chi connectivity index (χ2n) is 6.98. The molecule has 0 fully saturated rings. The summed E-state index contributed by atoms with van der Waals surface area (Å²) in [6, 6.07) is 10.9. The number of nitrogens with one attached hydrogen (secondary N) is 1. The quantitative estimate of drug-likeness (QED) is 0.668. The Labute approximate surface area is 169 Å². The van der Waals surface area contributed by atoms with Gasteiger partial charge in [-0.15, -0.1) is 0 Å². The zero-order chi connectivity index (χ0) is 20.1. The maximum absolute atomic E-state index is 13.7. The minimum absolute atomic E-state index is 0.0485. The number of aryl methyl sites for hydroxylation is 1.